The zero-order valence-corrected chi connectivity index (χ0v) is 14.2. The number of hydrogen-bond donors (Lipinski definition) is 0. The smallest absolute Gasteiger partial charge is 0.306 e. The highest BCUT2D eigenvalue weighted by Crippen LogP contribution is 2.07. The second kappa shape index (κ2) is 11.4. The van der Waals surface area contributed by atoms with Gasteiger partial charge in [-0.05, 0) is 24.0 Å². The van der Waals surface area contributed by atoms with Crippen molar-refractivity contribution < 1.29 is 14.3 Å². The van der Waals surface area contributed by atoms with E-state index >= 15 is 0 Å². The fourth-order valence-electron chi connectivity index (χ4n) is 2.40. The highest BCUT2D eigenvalue weighted by molar-refractivity contribution is 5.69. The molecule has 2 rings (SSSR count). The van der Waals surface area contributed by atoms with Crippen molar-refractivity contribution in [1.29, 1.82) is 0 Å². The van der Waals surface area contributed by atoms with Crippen molar-refractivity contribution in [2.45, 2.75) is 45.3 Å². The second-order valence-electron chi connectivity index (χ2n) is 5.85. The Bertz CT molecular complexity index is 566. The minimum Gasteiger partial charge on any atom is -0.461 e. The number of ether oxygens (including phenoxy) is 2. The van der Waals surface area contributed by atoms with E-state index in [1.165, 1.54) is 5.56 Å². The van der Waals surface area contributed by atoms with Crippen LogP contribution in [0.1, 0.15) is 43.2 Å². The van der Waals surface area contributed by atoms with Gasteiger partial charge in [0.1, 0.15) is 6.61 Å². The summed E-state index contributed by atoms with van der Waals surface area (Å²) in [6.45, 7) is 1.81. The van der Waals surface area contributed by atoms with Crippen LogP contribution < -0.4 is 0 Å². The molecule has 2 aromatic carbocycles. The van der Waals surface area contributed by atoms with Gasteiger partial charge >= 0.3 is 5.97 Å². The lowest BCUT2D eigenvalue weighted by atomic mass is 10.1. The van der Waals surface area contributed by atoms with Gasteiger partial charge in [0.2, 0.25) is 0 Å². The van der Waals surface area contributed by atoms with Gasteiger partial charge < -0.3 is 9.47 Å². The summed E-state index contributed by atoms with van der Waals surface area (Å²) >= 11 is 0. The van der Waals surface area contributed by atoms with Gasteiger partial charge in [-0.15, -0.1) is 0 Å². The zero-order chi connectivity index (χ0) is 16.9. The first-order chi connectivity index (χ1) is 11.8. The van der Waals surface area contributed by atoms with Crippen LogP contribution in [0, 0.1) is 0 Å². The molecule has 0 aliphatic rings. The third-order valence-electron chi connectivity index (χ3n) is 3.77. The fraction of sp³-hybridized carbons (Fsp3) is 0.381. The Labute approximate surface area is 144 Å². The van der Waals surface area contributed by atoms with Gasteiger partial charge in [0, 0.05) is 13.0 Å². The number of hydrogen-bond acceptors (Lipinski definition) is 3. The van der Waals surface area contributed by atoms with Crippen LogP contribution >= 0.6 is 0 Å². The number of benzene rings is 2. The molecule has 3 nitrogen and oxygen atoms in total. The van der Waals surface area contributed by atoms with Gasteiger partial charge in [0.15, 0.2) is 0 Å². The van der Waals surface area contributed by atoms with Crippen LogP contribution in [-0.4, -0.2) is 12.6 Å². The molecule has 0 heterocycles. The third kappa shape index (κ3) is 7.93. The van der Waals surface area contributed by atoms with E-state index in [2.05, 4.69) is 12.1 Å². The molecular formula is C21H26O3. The van der Waals surface area contributed by atoms with Gasteiger partial charge in [0.05, 0.1) is 6.61 Å². The minimum atomic E-state index is -0.112. The van der Waals surface area contributed by atoms with E-state index in [1.54, 1.807) is 0 Å². The number of carbonyl (C=O) groups is 1. The largest absolute Gasteiger partial charge is 0.461 e. The Morgan fingerprint density at radius 1 is 0.708 bits per heavy atom. The molecule has 0 bridgehead atoms. The molecule has 0 spiro atoms. The zero-order valence-electron chi connectivity index (χ0n) is 14.2. The van der Waals surface area contributed by atoms with Crippen molar-refractivity contribution in [3.8, 4) is 0 Å². The fourth-order valence-corrected chi connectivity index (χ4v) is 2.40. The first-order valence-corrected chi connectivity index (χ1v) is 8.66. The Balaban J connectivity index is 1.41. The molecule has 2 aromatic rings. The van der Waals surface area contributed by atoms with Gasteiger partial charge in [-0.1, -0.05) is 73.5 Å². The maximum atomic E-state index is 11.7. The minimum absolute atomic E-state index is 0.112. The standard InChI is InChI=1S/C21H26O3/c22-21(24-18-20-13-7-4-8-14-20)15-9-1-2-10-16-23-17-19-11-5-3-6-12-19/h3-8,11-14H,1-2,9-10,15-18H2. The lowest BCUT2D eigenvalue weighted by molar-refractivity contribution is -0.145. The summed E-state index contributed by atoms with van der Waals surface area (Å²) in [4.78, 5) is 11.7. The Hall–Kier alpha value is -2.13. The first-order valence-electron chi connectivity index (χ1n) is 8.66. The lowest BCUT2D eigenvalue weighted by Crippen LogP contribution is -2.04. The summed E-state index contributed by atoms with van der Waals surface area (Å²) in [5, 5.41) is 0. The summed E-state index contributed by atoms with van der Waals surface area (Å²) in [7, 11) is 0. The molecule has 0 amide bonds. The van der Waals surface area contributed by atoms with Crippen molar-refractivity contribution in [3.05, 3.63) is 71.8 Å². The van der Waals surface area contributed by atoms with Gasteiger partial charge in [-0.2, -0.15) is 0 Å². The summed E-state index contributed by atoms with van der Waals surface area (Å²) in [5.74, 6) is -0.112. The van der Waals surface area contributed by atoms with Crippen LogP contribution in [0.3, 0.4) is 0 Å². The summed E-state index contributed by atoms with van der Waals surface area (Å²) in [6.07, 6.45) is 4.53. The van der Waals surface area contributed by atoms with E-state index in [0.29, 0.717) is 19.6 Å². The predicted molar refractivity (Wildman–Crippen MR) is 95.4 cm³/mol. The Morgan fingerprint density at radius 3 is 1.96 bits per heavy atom. The molecule has 128 valence electrons. The SMILES string of the molecule is O=C(CCCCCCOCc1ccccc1)OCc1ccccc1. The van der Waals surface area contributed by atoms with Crippen LogP contribution in [0.15, 0.2) is 60.7 Å². The molecule has 0 aliphatic carbocycles. The summed E-state index contributed by atoms with van der Waals surface area (Å²) in [5.41, 5.74) is 2.24. The molecule has 0 saturated carbocycles. The molecular weight excluding hydrogens is 300 g/mol. The van der Waals surface area contributed by atoms with Gasteiger partial charge in [-0.3, -0.25) is 4.79 Å². The van der Waals surface area contributed by atoms with Crippen LogP contribution in [0.25, 0.3) is 0 Å². The van der Waals surface area contributed by atoms with E-state index in [0.717, 1.165) is 37.9 Å². The number of unbranched alkanes of at least 4 members (excludes halogenated alkanes) is 3. The van der Waals surface area contributed by atoms with Crippen molar-refractivity contribution >= 4 is 5.97 Å². The quantitative estimate of drug-likeness (QED) is 0.435. The average molecular weight is 326 g/mol. The molecule has 0 radical (unpaired) electrons. The molecule has 0 aromatic heterocycles. The summed E-state index contributed by atoms with van der Waals surface area (Å²) < 4.78 is 10.9. The van der Waals surface area contributed by atoms with Crippen molar-refractivity contribution in [3.63, 3.8) is 0 Å². The third-order valence-corrected chi connectivity index (χ3v) is 3.77. The number of carbonyl (C=O) groups excluding carboxylic acids is 1. The predicted octanol–water partition coefficient (Wildman–Crippen LogP) is 4.90. The van der Waals surface area contributed by atoms with Gasteiger partial charge in [-0.25, -0.2) is 0 Å². The van der Waals surface area contributed by atoms with Gasteiger partial charge in [0.25, 0.3) is 0 Å². The molecule has 0 fully saturated rings. The van der Waals surface area contributed by atoms with Crippen molar-refractivity contribution in [2.75, 3.05) is 6.61 Å². The van der Waals surface area contributed by atoms with Crippen LogP contribution in [-0.2, 0) is 27.5 Å². The second-order valence-corrected chi connectivity index (χ2v) is 5.85. The topological polar surface area (TPSA) is 35.5 Å². The normalized spacial score (nSPS) is 10.5. The monoisotopic (exact) mass is 326 g/mol. The van der Waals surface area contributed by atoms with Crippen LogP contribution in [0.5, 0.6) is 0 Å². The number of rotatable bonds is 11. The average Bonchev–Trinajstić information content (AvgIpc) is 2.64. The van der Waals surface area contributed by atoms with E-state index in [1.807, 2.05) is 48.5 Å². The molecule has 3 heteroatoms. The Morgan fingerprint density at radius 2 is 1.29 bits per heavy atom. The molecule has 0 unspecified atom stereocenters. The van der Waals surface area contributed by atoms with E-state index in [-0.39, 0.29) is 5.97 Å². The maximum absolute atomic E-state index is 11.7. The molecule has 24 heavy (non-hydrogen) atoms. The lowest BCUT2D eigenvalue weighted by Gasteiger charge is -2.06. The molecule has 0 atom stereocenters. The van der Waals surface area contributed by atoms with Crippen LogP contribution in [0.2, 0.25) is 0 Å². The van der Waals surface area contributed by atoms with E-state index < -0.39 is 0 Å². The van der Waals surface area contributed by atoms with Crippen LogP contribution in [0.4, 0.5) is 0 Å². The molecule has 0 aliphatic heterocycles. The van der Waals surface area contributed by atoms with E-state index in [4.69, 9.17) is 9.47 Å². The highest BCUT2D eigenvalue weighted by atomic mass is 16.5. The first kappa shape index (κ1) is 18.2. The highest BCUT2D eigenvalue weighted by Gasteiger charge is 2.03. The number of esters is 1. The van der Waals surface area contributed by atoms with E-state index in [9.17, 15) is 4.79 Å². The Kier molecular flexibility index (Phi) is 8.66. The van der Waals surface area contributed by atoms with Crippen molar-refractivity contribution in [2.24, 2.45) is 0 Å². The molecule has 0 saturated heterocycles. The summed E-state index contributed by atoms with van der Waals surface area (Å²) in [6, 6.07) is 20.0. The van der Waals surface area contributed by atoms with Crippen molar-refractivity contribution in [1.82, 2.24) is 0 Å². The molecule has 0 N–H and O–H groups in total. The maximum Gasteiger partial charge on any atom is 0.306 e.